The number of thioether (sulfide) groups is 2. The van der Waals surface area contributed by atoms with E-state index in [1.54, 1.807) is 0 Å². The van der Waals surface area contributed by atoms with Crippen molar-refractivity contribution in [3.63, 3.8) is 0 Å². The fourth-order valence-electron chi connectivity index (χ4n) is 7.18. The van der Waals surface area contributed by atoms with Gasteiger partial charge in [-0.25, -0.2) is 0 Å². The highest BCUT2D eigenvalue weighted by atomic mass is 32.2. The van der Waals surface area contributed by atoms with Crippen LogP contribution in [0.3, 0.4) is 0 Å². The van der Waals surface area contributed by atoms with E-state index >= 15 is 0 Å². The van der Waals surface area contributed by atoms with Crippen LogP contribution in [0.1, 0.15) is 61.1 Å². The average molecular weight is 887 g/mol. The van der Waals surface area contributed by atoms with E-state index in [9.17, 15) is 14.2 Å². The van der Waals surface area contributed by atoms with Gasteiger partial charge in [-0.05, 0) is 61.1 Å². The van der Waals surface area contributed by atoms with E-state index in [2.05, 4.69) is 0 Å². The van der Waals surface area contributed by atoms with Gasteiger partial charge in [0.1, 0.15) is 11.2 Å². The van der Waals surface area contributed by atoms with Crippen molar-refractivity contribution in [2.24, 2.45) is 10.8 Å². The maximum Gasteiger partial charge on any atom is 0.319 e. The number of carbonyl (C=O) groups is 2. The quantitative estimate of drug-likeness (QED) is 0.0376. The van der Waals surface area contributed by atoms with Crippen LogP contribution in [0.5, 0.6) is 0 Å². The fraction of sp³-hybridized carbons (Fsp3) is 0.269. The molecule has 0 spiro atoms. The molecule has 7 nitrogen and oxygen atoms in total. The topological polar surface area (TPSA) is 88.1 Å². The van der Waals surface area contributed by atoms with Gasteiger partial charge in [-0.1, -0.05) is 206 Å². The Morgan fingerprint density at radius 2 is 0.645 bits per heavy atom. The molecule has 0 radical (unpaired) electrons. The standard InChI is InChI=1S/C52H55O7PS2/c1-49(2,39-56-51(41-23-11-5-12-24-41,42-25-13-6-14-26-42)43-27-15-7-16-28-43)47(53)61-37-35-58-60(55)59-36-38-62-48(54)50(3,4)40-57-52(44-29-17-8-18-30-44,45-31-19-9-20-32-45)46-33-21-10-22-34-46/h5-34,60H,35-40H2,1-4H3. The zero-order valence-corrected chi connectivity index (χ0v) is 38.4. The maximum atomic E-state index is 13.6. The van der Waals surface area contributed by atoms with Crippen molar-refractivity contribution in [3.8, 4) is 0 Å². The highest BCUT2D eigenvalue weighted by Gasteiger charge is 2.42. The summed E-state index contributed by atoms with van der Waals surface area (Å²) < 4.78 is 37.5. The van der Waals surface area contributed by atoms with Gasteiger partial charge < -0.3 is 18.5 Å². The molecule has 6 rings (SSSR count). The first-order valence-electron chi connectivity index (χ1n) is 20.7. The summed E-state index contributed by atoms with van der Waals surface area (Å²) in [5.74, 6) is 0.585. The summed E-state index contributed by atoms with van der Waals surface area (Å²) in [6, 6.07) is 60.4. The zero-order valence-electron chi connectivity index (χ0n) is 35.7. The van der Waals surface area contributed by atoms with Crippen molar-refractivity contribution in [3.05, 3.63) is 215 Å². The van der Waals surface area contributed by atoms with Crippen LogP contribution in [0.25, 0.3) is 0 Å². The van der Waals surface area contributed by atoms with E-state index in [1.165, 1.54) is 0 Å². The third kappa shape index (κ3) is 11.5. The summed E-state index contributed by atoms with van der Waals surface area (Å²) in [7, 11) is -2.84. The van der Waals surface area contributed by atoms with Gasteiger partial charge in [0, 0.05) is 11.5 Å². The fourth-order valence-corrected chi connectivity index (χ4v) is 9.70. The van der Waals surface area contributed by atoms with Gasteiger partial charge in [0.15, 0.2) is 10.2 Å². The summed E-state index contributed by atoms with van der Waals surface area (Å²) >= 11 is 2.23. The van der Waals surface area contributed by atoms with E-state index in [-0.39, 0.29) is 36.7 Å². The SMILES string of the molecule is CC(C)(COC(c1ccccc1)(c1ccccc1)c1ccccc1)C(=O)SCCO[PH](=O)OCCSC(=O)C(C)(C)COC(c1ccccc1)(c1ccccc1)c1ccccc1. The summed E-state index contributed by atoms with van der Waals surface area (Å²) in [6.45, 7) is 7.92. The van der Waals surface area contributed by atoms with Crippen LogP contribution in [-0.4, -0.2) is 48.2 Å². The minimum atomic E-state index is -2.84. The molecule has 62 heavy (non-hydrogen) atoms. The predicted octanol–water partition coefficient (Wildman–Crippen LogP) is 12.0. The van der Waals surface area contributed by atoms with Crippen LogP contribution < -0.4 is 0 Å². The Kier molecular flexibility index (Phi) is 16.8. The molecule has 0 heterocycles. The van der Waals surface area contributed by atoms with Gasteiger partial charge in [0.05, 0.1) is 37.3 Å². The molecular formula is C52H55O7PS2. The predicted molar refractivity (Wildman–Crippen MR) is 254 cm³/mol. The van der Waals surface area contributed by atoms with Crippen LogP contribution in [0.2, 0.25) is 0 Å². The van der Waals surface area contributed by atoms with Crippen molar-refractivity contribution >= 4 is 42.0 Å². The minimum Gasteiger partial charge on any atom is -0.360 e. The molecule has 0 N–H and O–H groups in total. The molecule has 0 bridgehead atoms. The van der Waals surface area contributed by atoms with E-state index < -0.39 is 30.3 Å². The summed E-state index contributed by atoms with van der Waals surface area (Å²) in [5.41, 5.74) is 2.14. The van der Waals surface area contributed by atoms with Crippen molar-refractivity contribution in [2.75, 3.05) is 37.9 Å². The lowest BCUT2D eigenvalue weighted by Gasteiger charge is -2.38. The first-order chi connectivity index (χ1) is 30.0. The molecule has 0 aliphatic rings. The lowest BCUT2D eigenvalue weighted by atomic mass is 9.79. The Labute approximate surface area is 375 Å². The molecule has 0 fully saturated rings. The molecule has 6 aromatic carbocycles. The van der Waals surface area contributed by atoms with Crippen molar-refractivity contribution in [1.82, 2.24) is 0 Å². The van der Waals surface area contributed by atoms with E-state index in [1.807, 2.05) is 210 Å². The Bertz CT molecular complexity index is 1950. The smallest absolute Gasteiger partial charge is 0.319 e. The van der Waals surface area contributed by atoms with E-state index in [0.29, 0.717) is 11.5 Å². The van der Waals surface area contributed by atoms with Crippen molar-refractivity contribution < 1.29 is 32.7 Å². The van der Waals surface area contributed by atoms with Crippen LogP contribution in [-0.2, 0) is 43.9 Å². The molecule has 0 amide bonds. The average Bonchev–Trinajstić information content (AvgIpc) is 3.31. The van der Waals surface area contributed by atoms with Crippen LogP contribution in [0.15, 0.2) is 182 Å². The van der Waals surface area contributed by atoms with Crippen LogP contribution in [0.4, 0.5) is 0 Å². The molecule has 322 valence electrons. The highest BCUT2D eigenvalue weighted by Crippen LogP contribution is 2.44. The van der Waals surface area contributed by atoms with E-state index in [4.69, 9.17) is 18.5 Å². The molecule has 0 unspecified atom stereocenters. The molecule has 0 saturated heterocycles. The second-order valence-corrected chi connectivity index (χ2v) is 19.3. The minimum absolute atomic E-state index is 0.0650. The molecular weight excluding hydrogens is 832 g/mol. The highest BCUT2D eigenvalue weighted by molar-refractivity contribution is 8.14. The number of rotatable bonds is 22. The molecule has 0 atom stereocenters. The first kappa shape index (κ1) is 46.9. The molecule has 0 aliphatic carbocycles. The number of carbonyl (C=O) groups excluding carboxylic acids is 2. The summed E-state index contributed by atoms with van der Waals surface area (Å²) in [5, 5.41) is -0.139. The van der Waals surface area contributed by atoms with Gasteiger partial charge in [0.2, 0.25) is 0 Å². The largest absolute Gasteiger partial charge is 0.360 e. The number of hydrogen-bond acceptors (Lipinski definition) is 9. The van der Waals surface area contributed by atoms with Crippen LogP contribution in [0, 0.1) is 10.8 Å². The van der Waals surface area contributed by atoms with Crippen molar-refractivity contribution in [2.45, 2.75) is 38.9 Å². The van der Waals surface area contributed by atoms with Gasteiger partial charge in [-0.15, -0.1) is 0 Å². The zero-order chi connectivity index (χ0) is 43.9. The third-order valence-corrected chi connectivity index (χ3v) is 13.8. The Morgan fingerprint density at radius 3 is 0.871 bits per heavy atom. The maximum absolute atomic E-state index is 13.6. The molecule has 0 saturated carbocycles. The molecule has 10 heteroatoms. The Balaban J connectivity index is 0.976. The van der Waals surface area contributed by atoms with Gasteiger partial charge >= 0.3 is 8.25 Å². The lowest BCUT2D eigenvalue weighted by molar-refractivity contribution is -0.124. The van der Waals surface area contributed by atoms with E-state index in [0.717, 1.165) is 56.9 Å². The first-order valence-corrected chi connectivity index (χ1v) is 23.9. The second-order valence-electron chi connectivity index (χ2n) is 16.1. The second kappa shape index (κ2) is 22.2. The number of ether oxygens (including phenoxy) is 2. The molecule has 0 aliphatic heterocycles. The number of benzene rings is 6. The van der Waals surface area contributed by atoms with Gasteiger partial charge in [0.25, 0.3) is 0 Å². The van der Waals surface area contributed by atoms with Gasteiger partial charge in [-0.2, -0.15) is 0 Å². The molecule has 6 aromatic rings. The monoisotopic (exact) mass is 886 g/mol. The number of hydrogen-bond donors (Lipinski definition) is 0. The lowest BCUT2D eigenvalue weighted by Crippen LogP contribution is -2.38. The summed E-state index contributed by atoms with van der Waals surface area (Å²) in [6.07, 6.45) is 0. The van der Waals surface area contributed by atoms with Crippen LogP contribution >= 0.6 is 31.8 Å². The van der Waals surface area contributed by atoms with Gasteiger partial charge in [-0.3, -0.25) is 14.2 Å². The van der Waals surface area contributed by atoms with Crippen molar-refractivity contribution in [1.29, 1.82) is 0 Å². The molecule has 0 aromatic heterocycles. The Morgan fingerprint density at radius 1 is 0.419 bits per heavy atom. The normalized spacial score (nSPS) is 12.3. The summed E-state index contributed by atoms with van der Waals surface area (Å²) in [4.78, 5) is 27.2. The Hall–Kier alpha value is -4.57. The third-order valence-electron chi connectivity index (χ3n) is 10.6.